The van der Waals surface area contributed by atoms with Gasteiger partial charge < -0.3 is 10.1 Å². The molecular formula is C24H19N5O2. The van der Waals surface area contributed by atoms with Crippen molar-refractivity contribution in [2.24, 2.45) is 0 Å². The number of nitrogens with one attached hydrogen (secondary N) is 1. The Hall–Kier alpha value is -4.44. The van der Waals surface area contributed by atoms with Crippen molar-refractivity contribution < 1.29 is 9.53 Å². The Labute approximate surface area is 179 Å². The van der Waals surface area contributed by atoms with E-state index in [-0.39, 0.29) is 17.3 Å². The van der Waals surface area contributed by atoms with Gasteiger partial charge in [-0.15, -0.1) is 0 Å². The lowest BCUT2D eigenvalue weighted by molar-refractivity contribution is -0.111. The molecule has 0 radical (unpaired) electrons. The van der Waals surface area contributed by atoms with Gasteiger partial charge in [0.25, 0.3) is 0 Å². The first-order chi connectivity index (χ1) is 15.1. The zero-order valence-electron chi connectivity index (χ0n) is 17.0. The second kappa shape index (κ2) is 8.51. The van der Waals surface area contributed by atoms with Crippen molar-refractivity contribution in [1.82, 2.24) is 14.8 Å². The topological polar surface area (TPSA) is 92.8 Å². The number of carbonyl (C=O) groups excluding carboxylic acids is 1. The number of aryl methyl sites for hydroxylation is 1. The largest absolute Gasteiger partial charge is 0.497 e. The molecule has 2 aromatic carbocycles. The van der Waals surface area contributed by atoms with Crippen molar-refractivity contribution in [2.45, 2.75) is 6.92 Å². The maximum Gasteiger partial charge on any atom is 0.249 e. The van der Waals surface area contributed by atoms with Crippen LogP contribution in [0.15, 0.2) is 66.9 Å². The van der Waals surface area contributed by atoms with Gasteiger partial charge in [-0.1, -0.05) is 30.3 Å². The van der Waals surface area contributed by atoms with Gasteiger partial charge in [-0.05, 0) is 48.4 Å². The molecule has 4 aromatic rings. The molecule has 0 aliphatic carbocycles. The highest BCUT2D eigenvalue weighted by Crippen LogP contribution is 2.23. The highest BCUT2D eigenvalue weighted by molar-refractivity contribution is 6.02. The fourth-order valence-electron chi connectivity index (χ4n) is 3.21. The minimum Gasteiger partial charge on any atom is -0.497 e. The lowest BCUT2D eigenvalue weighted by Gasteiger charge is -2.10. The van der Waals surface area contributed by atoms with Crippen LogP contribution < -0.4 is 10.1 Å². The maximum atomic E-state index is 12.5. The predicted molar refractivity (Wildman–Crippen MR) is 119 cm³/mol. The van der Waals surface area contributed by atoms with E-state index in [1.165, 1.54) is 17.0 Å². The Morgan fingerprint density at radius 1 is 1.19 bits per heavy atom. The third kappa shape index (κ3) is 4.14. The number of anilines is 1. The van der Waals surface area contributed by atoms with Crippen molar-refractivity contribution in [3.05, 3.63) is 83.6 Å². The van der Waals surface area contributed by atoms with E-state index in [0.717, 1.165) is 27.8 Å². The number of methoxy groups -OCH3 is 1. The average Bonchev–Trinajstić information content (AvgIpc) is 3.20. The minimum atomic E-state index is -0.383. The molecule has 0 saturated heterocycles. The summed E-state index contributed by atoms with van der Waals surface area (Å²) in [5.74, 6) is 1.15. The molecule has 0 aliphatic heterocycles. The smallest absolute Gasteiger partial charge is 0.249 e. The maximum absolute atomic E-state index is 12.5. The summed E-state index contributed by atoms with van der Waals surface area (Å²) in [4.78, 5) is 17.2. The van der Waals surface area contributed by atoms with Crippen LogP contribution in [-0.2, 0) is 4.79 Å². The van der Waals surface area contributed by atoms with E-state index < -0.39 is 0 Å². The zero-order chi connectivity index (χ0) is 21.8. The summed E-state index contributed by atoms with van der Waals surface area (Å²) in [6, 6.07) is 19.0. The molecule has 7 nitrogen and oxygen atoms in total. The fourth-order valence-corrected chi connectivity index (χ4v) is 3.21. The molecule has 1 amide bonds. The Kier molecular flexibility index (Phi) is 5.45. The van der Waals surface area contributed by atoms with Gasteiger partial charge in [-0.2, -0.15) is 15.0 Å². The first-order valence-corrected chi connectivity index (χ1v) is 9.57. The summed E-state index contributed by atoms with van der Waals surface area (Å²) >= 11 is 0. The number of fused-ring (bicyclic) bond motifs is 1. The second-order valence-electron chi connectivity index (χ2n) is 6.84. The third-order valence-corrected chi connectivity index (χ3v) is 4.80. The van der Waals surface area contributed by atoms with E-state index >= 15 is 0 Å². The quantitative estimate of drug-likeness (QED) is 0.497. The number of rotatable bonds is 5. The van der Waals surface area contributed by atoms with Crippen LogP contribution in [-0.4, -0.2) is 27.8 Å². The molecule has 2 heterocycles. The minimum absolute atomic E-state index is 0.249. The molecule has 152 valence electrons. The molecule has 0 fully saturated rings. The number of carbonyl (C=O) groups is 1. The van der Waals surface area contributed by atoms with Gasteiger partial charge in [0.05, 0.1) is 18.8 Å². The van der Waals surface area contributed by atoms with Crippen molar-refractivity contribution in [3.63, 3.8) is 0 Å². The number of amides is 1. The molecule has 0 saturated carbocycles. The van der Waals surface area contributed by atoms with Gasteiger partial charge in [-0.3, -0.25) is 4.79 Å². The first-order valence-electron chi connectivity index (χ1n) is 9.57. The molecule has 7 heteroatoms. The third-order valence-electron chi connectivity index (χ3n) is 4.80. The zero-order valence-corrected chi connectivity index (χ0v) is 17.0. The van der Waals surface area contributed by atoms with Crippen LogP contribution in [0.4, 0.5) is 5.82 Å². The molecule has 2 aromatic heterocycles. The Morgan fingerprint density at radius 3 is 2.71 bits per heavy atom. The molecule has 31 heavy (non-hydrogen) atoms. The molecule has 0 unspecified atom stereocenters. The van der Waals surface area contributed by atoms with Gasteiger partial charge in [-0.25, -0.2) is 4.98 Å². The van der Waals surface area contributed by atoms with Gasteiger partial charge >= 0.3 is 0 Å². The molecule has 0 bridgehead atoms. The van der Waals surface area contributed by atoms with E-state index in [0.29, 0.717) is 5.82 Å². The number of nitrogens with zero attached hydrogens (tertiary/aromatic N) is 4. The van der Waals surface area contributed by atoms with Crippen molar-refractivity contribution in [2.75, 3.05) is 12.4 Å². The number of hydrogen-bond acceptors (Lipinski definition) is 5. The van der Waals surface area contributed by atoms with E-state index in [1.807, 2.05) is 61.5 Å². The standard InChI is InChI=1S/C24H19N5O2/c1-16-13-22(27-21-6-4-3-5-20(16)21)29-24(18(14-25)15-26-29)28-23(30)12-9-17-7-10-19(31-2)11-8-17/h3-13,15H,1-2H3,(H,28,30)/b12-9+. The van der Waals surface area contributed by atoms with Crippen LogP contribution in [0.5, 0.6) is 5.75 Å². The summed E-state index contributed by atoms with van der Waals surface area (Å²) in [6.45, 7) is 1.98. The Bertz CT molecular complexity index is 1330. The number of hydrogen-bond donors (Lipinski definition) is 1. The SMILES string of the molecule is COc1ccc(/C=C/C(=O)Nc2c(C#N)cnn2-c2cc(C)c3ccccc3n2)cc1. The molecule has 0 spiro atoms. The fraction of sp³-hybridized carbons (Fsp3) is 0.0833. The number of ether oxygens (including phenoxy) is 1. The number of aromatic nitrogens is 3. The van der Waals surface area contributed by atoms with Gasteiger partial charge in [0.2, 0.25) is 5.91 Å². The lowest BCUT2D eigenvalue weighted by atomic mass is 10.1. The van der Waals surface area contributed by atoms with E-state index in [9.17, 15) is 10.1 Å². The van der Waals surface area contributed by atoms with Crippen LogP contribution in [0.25, 0.3) is 22.8 Å². The summed E-state index contributed by atoms with van der Waals surface area (Å²) in [6.07, 6.45) is 4.49. The number of para-hydroxylation sites is 1. The summed E-state index contributed by atoms with van der Waals surface area (Å²) < 4.78 is 6.60. The van der Waals surface area contributed by atoms with E-state index in [4.69, 9.17) is 4.74 Å². The van der Waals surface area contributed by atoms with Crippen LogP contribution in [0.2, 0.25) is 0 Å². The van der Waals surface area contributed by atoms with Gasteiger partial charge in [0.1, 0.15) is 17.4 Å². The summed E-state index contributed by atoms with van der Waals surface area (Å²) in [7, 11) is 1.60. The van der Waals surface area contributed by atoms with Crippen molar-refractivity contribution in [1.29, 1.82) is 5.26 Å². The molecule has 4 rings (SSSR count). The second-order valence-corrected chi connectivity index (χ2v) is 6.84. The van der Waals surface area contributed by atoms with Crippen molar-refractivity contribution >= 4 is 28.7 Å². The van der Waals surface area contributed by atoms with Gasteiger partial charge in [0.15, 0.2) is 11.6 Å². The molecule has 0 atom stereocenters. The van der Waals surface area contributed by atoms with Crippen LogP contribution >= 0.6 is 0 Å². The Balaban J connectivity index is 1.63. The number of nitriles is 1. The highest BCUT2D eigenvalue weighted by atomic mass is 16.5. The van der Waals surface area contributed by atoms with E-state index in [1.54, 1.807) is 13.2 Å². The van der Waals surface area contributed by atoms with E-state index in [2.05, 4.69) is 21.5 Å². The molecule has 1 N–H and O–H groups in total. The molecular weight excluding hydrogens is 390 g/mol. The number of benzene rings is 2. The molecule has 0 aliphatic rings. The van der Waals surface area contributed by atoms with Gasteiger partial charge in [0, 0.05) is 11.5 Å². The van der Waals surface area contributed by atoms with Crippen LogP contribution in [0.3, 0.4) is 0 Å². The number of pyridine rings is 1. The normalized spacial score (nSPS) is 10.9. The van der Waals surface area contributed by atoms with Crippen LogP contribution in [0, 0.1) is 18.3 Å². The Morgan fingerprint density at radius 2 is 1.97 bits per heavy atom. The predicted octanol–water partition coefficient (Wildman–Crippen LogP) is 4.26. The highest BCUT2D eigenvalue weighted by Gasteiger charge is 2.16. The summed E-state index contributed by atoms with van der Waals surface area (Å²) in [5, 5.41) is 17.5. The monoisotopic (exact) mass is 409 g/mol. The summed E-state index contributed by atoms with van der Waals surface area (Å²) in [5.41, 5.74) is 2.92. The first kappa shape index (κ1) is 19.9. The average molecular weight is 409 g/mol. The van der Waals surface area contributed by atoms with Crippen molar-refractivity contribution in [3.8, 4) is 17.6 Å². The van der Waals surface area contributed by atoms with Crippen LogP contribution in [0.1, 0.15) is 16.7 Å². The lowest BCUT2D eigenvalue weighted by Crippen LogP contribution is -2.14.